The van der Waals surface area contributed by atoms with Crippen LogP contribution in [0.25, 0.3) is 22.4 Å². The van der Waals surface area contributed by atoms with Crippen molar-refractivity contribution in [2.45, 2.75) is 44.4 Å². The van der Waals surface area contributed by atoms with Gasteiger partial charge >= 0.3 is 5.69 Å². The Labute approximate surface area is 264 Å². The predicted octanol–water partition coefficient (Wildman–Crippen LogP) is 3.25. The van der Waals surface area contributed by atoms with E-state index in [-0.39, 0.29) is 17.6 Å². The monoisotopic (exact) mass is 629 g/mol. The average molecular weight is 630 g/mol. The van der Waals surface area contributed by atoms with Crippen LogP contribution >= 0.6 is 0 Å². The highest BCUT2D eigenvalue weighted by Crippen LogP contribution is 2.41. The number of hydrogen-bond donors (Lipinski definition) is 3. The number of aromatic nitrogens is 3. The number of aryl methyl sites for hydroxylation is 2. The molecule has 4 aromatic rings. The number of ether oxygens (including phenoxy) is 2. The van der Waals surface area contributed by atoms with Crippen LogP contribution in [0.15, 0.2) is 58.3 Å². The fourth-order valence-corrected chi connectivity index (χ4v) is 6.40. The number of benzene rings is 2. The summed E-state index contributed by atoms with van der Waals surface area (Å²) in [7, 11) is 4.31. The molecule has 1 saturated heterocycles. The Morgan fingerprint density at radius 1 is 1.11 bits per heavy atom. The van der Waals surface area contributed by atoms with Crippen molar-refractivity contribution in [3.63, 3.8) is 0 Å². The zero-order chi connectivity index (χ0) is 32.7. The van der Waals surface area contributed by atoms with Gasteiger partial charge in [-0.25, -0.2) is 14.2 Å². The van der Waals surface area contributed by atoms with Gasteiger partial charge in [-0.3, -0.25) is 14.2 Å². The number of carbonyl (C=O) groups excluding carboxylic acids is 1. The van der Waals surface area contributed by atoms with Crippen LogP contribution in [0.2, 0.25) is 0 Å². The average Bonchev–Trinajstić information content (AvgIpc) is 3.46. The Bertz CT molecular complexity index is 1950. The second-order valence-electron chi connectivity index (χ2n) is 11.8. The highest BCUT2D eigenvalue weighted by atomic mass is 19.1. The first-order valence-electron chi connectivity index (χ1n) is 15.2. The van der Waals surface area contributed by atoms with E-state index >= 15 is 4.39 Å². The summed E-state index contributed by atoms with van der Waals surface area (Å²) in [6.07, 6.45) is 2.86. The van der Waals surface area contributed by atoms with E-state index in [1.54, 1.807) is 50.4 Å². The number of amides is 1. The van der Waals surface area contributed by atoms with Gasteiger partial charge in [0.2, 0.25) is 5.88 Å². The summed E-state index contributed by atoms with van der Waals surface area (Å²) < 4.78 is 29.5. The van der Waals surface area contributed by atoms with Gasteiger partial charge in [0, 0.05) is 61.4 Å². The fourth-order valence-electron chi connectivity index (χ4n) is 6.40. The molecule has 0 spiro atoms. The van der Waals surface area contributed by atoms with Crippen molar-refractivity contribution >= 4 is 11.6 Å². The first kappa shape index (κ1) is 31.3. The fraction of sp³-hybridized carbons (Fsp3) is 0.353. The molecule has 3 heterocycles. The number of nitrogens with one attached hydrogen (secondary N) is 2. The van der Waals surface area contributed by atoms with Crippen molar-refractivity contribution in [1.82, 2.24) is 19.4 Å². The van der Waals surface area contributed by atoms with Crippen molar-refractivity contribution < 1.29 is 23.8 Å². The topological polar surface area (TPSA) is 137 Å². The molecule has 3 N–H and O–H groups in total. The van der Waals surface area contributed by atoms with Crippen molar-refractivity contribution in [1.29, 1.82) is 0 Å². The van der Waals surface area contributed by atoms with Gasteiger partial charge in [0.25, 0.3) is 11.5 Å². The highest BCUT2D eigenvalue weighted by molar-refractivity contribution is 6.04. The molecule has 0 bridgehead atoms. The van der Waals surface area contributed by atoms with Crippen LogP contribution < -0.4 is 26.6 Å². The predicted molar refractivity (Wildman–Crippen MR) is 171 cm³/mol. The lowest BCUT2D eigenvalue weighted by Crippen LogP contribution is -2.47. The molecule has 0 unspecified atom stereocenters. The molecule has 240 valence electrons. The summed E-state index contributed by atoms with van der Waals surface area (Å²) in [6, 6.07) is 12.0. The molecule has 11 nitrogen and oxygen atoms in total. The molecular weight excluding hydrogens is 593 g/mol. The maximum Gasteiger partial charge on any atom is 0.330 e. The third-order valence-corrected chi connectivity index (χ3v) is 8.93. The lowest BCUT2D eigenvalue weighted by Gasteiger charge is -2.31. The standard InChI is InChI=1S/C34H36FN5O6/c1-18-20(7-6-10-24(18)37-31(42)23-16-39(2)34(44)40(3)33(23)43)21-8-5-9-22(30(21)35)27-15-19-11-12-26(29(19)32(38-27)45-4)36-25-13-14-46-17-28(25)41/h5-10,15-16,25-26,28,36,41H,11-14,17H2,1-4H3,(H,37,42)/t25-,26+,28+/m1/s1. The minimum Gasteiger partial charge on any atom is -0.481 e. The smallest absolute Gasteiger partial charge is 0.330 e. The van der Waals surface area contributed by atoms with E-state index in [1.807, 2.05) is 6.07 Å². The molecule has 2 aromatic carbocycles. The number of rotatable bonds is 7. The van der Waals surface area contributed by atoms with Crippen molar-refractivity contribution in [3.8, 4) is 28.3 Å². The maximum atomic E-state index is 16.4. The second kappa shape index (κ2) is 12.6. The first-order chi connectivity index (χ1) is 22.1. The summed E-state index contributed by atoms with van der Waals surface area (Å²) in [6.45, 7) is 2.64. The van der Waals surface area contributed by atoms with Crippen LogP contribution in [-0.2, 0) is 25.3 Å². The normalized spacial score (nSPS) is 19.1. The third kappa shape index (κ3) is 5.63. The molecule has 1 aliphatic heterocycles. The first-order valence-corrected chi connectivity index (χ1v) is 15.2. The molecule has 46 heavy (non-hydrogen) atoms. The molecule has 12 heteroatoms. The highest BCUT2D eigenvalue weighted by Gasteiger charge is 2.33. The maximum absolute atomic E-state index is 16.4. The van der Waals surface area contributed by atoms with Gasteiger partial charge in [-0.1, -0.05) is 24.3 Å². The van der Waals surface area contributed by atoms with E-state index < -0.39 is 29.1 Å². The van der Waals surface area contributed by atoms with E-state index in [0.717, 1.165) is 33.1 Å². The van der Waals surface area contributed by atoms with Crippen LogP contribution in [0.4, 0.5) is 10.1 Å². The summed E-state index contributed by atoms with van der Waals surface area (Å²) in [4.78, 5) is 42.5. The molecule has 6 rings (SSSR count). The van der Waals surface area contributed by atoms with E-state index in [9.17, 15) is 19.5 Å². The van der Waals surface area contributed by atoms with Gasteiger partial charge in [0.15, 0.2) is 0 Å². The second-order valence-corrected chi connectivity index (χ2v) is 11.8. The Hall–Kier alpha value is -4.65. The summed E-state index contributed by atoms with van der Waals surface area (Å²) in [5, 5.41) is 16.7. The Morgan fingerprint density at radius 2 is 1.85 bits per heavy atom. The summed E-state index contributed by atoms with van der Waals surface area (Å²) >= 11 is 0. The minimum atomic E-state index is -0.714. The van der Waals surface area contributed by atoms with Crippen LogP contribution in [-0.4, -0.2) is 57.6 Å². The van der Waals surface area contributed by atoms with Crippen LogP contribution in [0.3, 0.4) is 0 Å². The van der Waals surface area contributed by atoms with Crippen LogP contribution in [0.5, 0.6) is 5.88 Å². The van der Waals surface area contributed by atoms with Crippen molar-refractivity contribution in [2.75, 3.05) is 25.6 Å². The van der Waals surface area contributed by atoms with E-state index in [0.29, 0.717) is 59.1 Å². The molecule has 1 aliphatic carbocycles. The van der Waals surface area contributed by atoms with Gasteiger partial charge in [0.05, 0.1) is 25.5 Å². The van der Waals surface area contributed by atoms with Gasteiger partial charge in [0.1, 0.15) is 11.4 Å². The zero-order valence-electron chi connectivity index (χ0n) is 26.1. The summed E-state index contributed by atoms with van der Waals surface area (Å²) in [5.74, 6) is -0.743. The number of aliphatic hydroxyl groups is 1. The molecule has 1 amide bonds. The lowest BCUT2D eigenvalue weighted by atomic mass is 9.95. The minimum absolute atomic E-state index is 0.0537. The van der Waals surface area contributed by atoms with Gasteiger partial charge in [-0.2, -0.15) is 0 Å². The Kier molecular flexibility index (Phi) is 8.60. The number of hydrogen-bond acceptors (Lipinski definition) is 8. The van der Waals surface area contributed by atoms with Gasteiger partial charge in [-0.15, -0.1) is 0 Å². The van der Waals surface area contributed by atoms with Crippen LogP contribution in [0.1, 0.15) is 45.9 Å². The number of anilines is 1. The van der Waals surface area contributed by atoms with Gasteiger partial charge < -0.3 is 29.8 Å². The number of aliphatic hydroxyl groups excluding tert-OH is 1. The number of nitrogens with zero attached hydrogens (tertiary/aromatic N) is 3. The molecular formula is C34H36FN5O6. The largest absolute Gasteiger partial charge is 0.481 e. The lowest BCUT2D eigenvalue weighted by molar-refractivity contribution is -0.0304. The van der Waals surface area contributed by atoms with E-state index in [4.69, 9.17) is 14.5 Å². The molecule has 1 fully saturated rings. The van der Waals surface area contributed by atoms with E-state index in [1.165, 1.54) is 20.3 Å². The number of fused-ring (bicyclic) bond motifs is 1. The molecule has 0 radical (unpaired) electrons. The van der Waals surface area contributed by atoms with Gasteiger partial charge in [-0.05, 0) is 61.1 Å². The molecule has 2 aliphatic rings. The number of pyridine rings is 1. The SMILES string of the molecule is COc1nc(-c2cccc(-c3cccc(NC(=O)c4cn(C)c(=O)n(C)c4=O)c3C)c2F)cc2c1[C@@H](N[C@@H]1CCOC[C@@H]1O)CC2. The number of halogens is 1. The summed E-state index contributed by atoms with van der Waals surface area (Å²) in [5.41, 5.74) is 3.09. The quantitative estimate of drug-likeness (QED) is 0.284. The van der Waals surface area contributed by atoms with Crippen molar-refractivity contribution in [3.05, 3.63) is 97.6 Å². The van der Waals surface area contributed by atoms with E-state index in [2.05, 4.69) is 10.6 Å². The van der Waals surface area contributed by atoms with Crippen molar-refractivity contribution in [2.24, 2.45) is 14.1 Å². The molecule has 0 saturated carbocycles. The molecule has 2 aromatic heterocycles. The Balaban J connectivity index is 1.31. The Morgan fingerprint density at radius 3 is 2.61 bits per heavy atom. The third-order valence-electron chi connectivity index (χ3n) is 8.93. The van der Waals surface area contributed by atoms with Crippen LogP contribution in [0, 0.1) is 12.7 Å². The number of methoxy groups -OCH3 is 1. The number of carbonyl (C=O) groups is 1. The zero-order valence-corrected chi connectivity index (χ0v) is 26.1. The molecule has 3 atom stereocenters.